The van der Waals surface area contributed by atoms with Gasteiger partial charge >= 0.3 is 5.97 Å². The molecular formula is C15H24O6. The first-order chi connectivity index (χ1) is 9.63. The van der Waals surface area contributed by atoms with Crippen molar-refractivity contribution in [3.05, 3.63) is 0 Å². The standard InChI is InChI=1S/C15H24O6/c1-7(2)15(6-14(3,4)5)20-11-10-9(19-13(11)21-15)8(16)12(17)18-10/h7-11,13,16H,6H2,1-5H3. The van der Waals surface area contributed by atoms with Gasteiger partial charge in [0.05, 0.1) is 0 Å². The summed E-state index contributed by atoms with van der Waals surface area (Å²) in [5.74, 6) is -1.27. The van der Waals surface area contributed by atoms with Crippen molar-refractivity contribution in [2.45, 2.75) is 77.5 Å². The van der Waals surface area contributed by atoms with Crippen LogP contribution in [0.3, 0.4) is 0 Å². The van der Waals surface area contributed by atoms with Crippen LogP contribution in [0.25, 0.3) is 0 Å². The monoisotopic (exact) mass is 300 g/mol. The number of rotatable bonds is 2. The molecule has 6 atom stereocenters. The highest BCUT2D eigenvalue weighted by Gasteiger charge is 2.65. The molecule has 3 heterocycles. The van der Waals surface area contributed by atoms with Crippen LogP contribution in [0, 0.1) is 11.3 Å². The fourth-order valence-electron chi connectivity index (χ4n) is 3.35. The van der Waals surface area contributed by atoms with Crippen LogP contribution in [0.15, 0.2) is 0 Å². The number of ether oxygens (including phenoxy) is 4. The quantitative estimate of drug-likeness (QED) is 0.773. The minimum atomic E-state index is -1.25. The number of fused-ring (bicyclic) bond motifs is 3. The summed E-state index contributed by atoms with van der Waals surface area (Å²) in [5.41, 5.74) is 0.0220. The Morgan fingerprint density at radius 3 is 2.43 bits per heavy atom. The smallest absolute Gasteiger partial charge is 0.338 e. The van der Waals surface area contributed by atoms with Crippen LogP contribution in [0.4, 0.5) is 0 Å². The molecule has 3 aliphatic heterocycles. The summed E-state index contributed by atoms with van der Waals surface area (Å²) >= 11 is 0. The average molecular weight is 300 g/mol. The summed E-state index contributed by atoms with van der Waals surface area (Å²) in [6.45, 7) is 10.5. The van der Waals surface area contributed by atoms with Crippen LogP contribution in [0.2, 0.25) is 0 Å². The van der Waals surface area contributed by atoms with Crippen molar-refractivity contribution < 1.29 is 28.8 Å². The Kier molecular flexibility index (Phi) is 3.37. The Morgan fingerprint density at radius 1 is 1.19 bits per heavy atom. The molecule has 3 fully saturated rings. The second kappa shape index (κ2) is 4.65. The molecule has 6 nitrogen and oxygen atoms in total. The molecule has 0 amide bonds. The Labute approximate surface area is 124 Å². The number of hydrogen-bond donors (Lipinski definition) is 1. The maximum absolute atomic E-state index is 11.5. The molecule has 0 bridgehead atoms. The molecule has 120 valence electrons. The number of esters is 1. The van der Waals surface area contributed by atoms with E-state index in [4.69, 9.17) is 18.9 Å². The Morgan fingerprint density at radius 2 is 1.86 bits per heavy atom. The number of carbonyl (C=O) groups is 1. The number of hydrogen-bond acceptors (Lipinski definition) is 6. The van der Waals surface area contributed by atoms with Gasteiger partial charge < -0.3 is 24.1 Å². The first-order valence-corrected chi connectivity index (χ1v) is 7.53. The summed E-state index contributed by atoms with van der Waals surface area (Å²) in [7, 11) is 0. The van der Waals surface area contributed by atoms with E-state index >= 15 is 0 Å². The van der Waals surface area contributed by atoms with E-state index < -0.39 is 42.5 Å². The predicted molar refractivity (Wildman–Crippen MR) is 72.1 cm³/mol. The molecule has 0 radical (unpaired) electrons. The van der Waals surface area contributed by atoms with Gasteiger partial charge in [-0.3, -0.25) is 0 Å². The summed E-state index contributed by atoms with van der Waals surface area (Å²) in [5, 5.41) is 9.74. The Bertz CT molecular complexity index is 442. The van der Waals surface area contributed by atoms with Gasteiger partial charge in [0, 0.05) is 12.3 Å². The van der Waals surface area contributed by atoms with Gasteiger partial charge in [0.15, 0.2) is 30.4 Å². The zero-order valence-electron chi connectivity index (χ0n) is 13.2. The van der Waals surface area contributed by atoms with Crippen LogP contribution in [0.1, 0.15) is 41.0 Å². The Balaban J connectivity index is 1.81. The summed E-state index contributed by atoms with van der Waals surface area (Å²) in [4.78, 5) is 11.5. The predicted octanol–water partition coefficient (Wildman–Crippen LogP) is 1.20. The van der Waals surface area contributed by atoms with E-state index in [-0.39, 0.29) is 11.3 Å². The zero-order valence-corrected chi connectivity index (χ0v) is 13.2. The highest BCUT2D eigenvalue weighted by Crippen LogP contribution is 2.48. The van der Waals surface area contributed by atoms with Crippen molar-refractivity contribution in [1.82, 2.24) is 0 Å². The SMILES string of the molecule is CC(C)C1(CC(C)(C)C)OC2OC3C(O)C(=O)OC3C2O1. The van der Waals surface area contributed by atoms with Crippen molar-refractivity contribution in [3.8, 4) is 0 Å². The topological polar surface area (TPSA) is 74.2 Å². The molecule has 3 rings (SSSR count). The lowest BCUT2D eigenvalue weighted by atomic mass is 9.83. The molecule has 6 heteroatoms. The number of aliphatic hydroxyl groups is 1. The first-order valence-electron chi connectivity index (χ1n) is 7.53. The van der Waals surface area contributed by atoms with Crippen LogP contribution in [0.5, 0.6) is 0 Å². The molecule has 1 N–H and O–H groups in total. The molecule has 0 saturated carbocycles. The molecule has 0 aromatic rings. The maximum atomic E-state index is 11.5. The fourth-order valence-corrected chi connectivity index (χ4v) is 3.35. The van der Waals surface area contributed by atoms with Gasteiger partial charge in [-0.2, -0.15) is 0 Å². The van der Waals surface area contributed by atoms with Gasteiger partial charge in [-0.15, -0.1) is 0 Å². The second-order valence-electron chi connectivity index (χ2n) is 7.72. The molecule has 0 aromatic carbocycles. The summed E-state index contributed by atoms with van der Waals surface area (Å²) in [6, 6.07) is 0. The van der Waals surface area contributed by atoms with E-state index in [9.17, 15) is 9.90 Å². The summed E-state index contributed by atoms with van der Waals surface area (Å²) in [6.07, 6.45) is -2.87. The van der Waals surface area contributed by atoms with Gasteiger partial charge in [-0.1, -0.05) is 34.6 Å². The van der Waals surface area contributed by atoms with Crippen LogP contribution in [-0.4, -0.2) is 47.6 Å². The van der Waals surface area contributed by atoms with Gasteiger partial charge in [0.2, 0.25) is 0 Å². The maximum Gasteiger partial charge on any atom is 0.338 e. The number of carbonyl (C=O) groups excluding carboxylic acids is 1. The number of aliphatic hydroxyl groups excluding tert-OH is 1. The molecule has 0 aromatic heterocycles. The minimum absolute atomic E-state index is 0.0220. The van der Waals surface area contributed by atoms with Crippen LogP contribution < -0.4 is 0 Å². The van der Waals surface area contributed by atoms with Crippen molar-refractivity contribution >= 4 is 5.97 Å². The molecule has 3 aliphatic rings. The molecule has 3 saturated heterocycles. The third kappa shape index (κ3) is 2.38. The molecule has 21 heavy (non-hydrogen) atoms. The lowest BCUT2D eigenvalue weighted by Crippen LogP contribution is -2.44. The van der Waals surface area contributed by atoms with Gasteiger partial charge in [-0.25, -0.2) is 4.79 Å². The van der Waals surface area contributed by atoms with E-state index in [1.807, 2.05) is 13.8 Å². The van der Waals surface area contributed by atoms with Gasteiger partial charge in [0.25, 0.3) is 0 Å². The fraction of sp³-hybridized carbons (Fsp3) is 0.933. The first kappa shape index (κ1) is 15.2. The van der Waals surface area contributed by atoms with E-state index in [0.717, 1.165) is 0 Å². The van der Waals surface area contributed by atoms with E-state index in [2.05, 4.69) is 20.8 Å². The van der Waals surface area contributed by atoms with Crippen molar-refractivity contribution in [2.24, 2.45) is 11.3 Å². The lowest BCUT2D eigenvalue weighted by molar-refractivity contribution is -0.264. The second-order valence-corrected chi connectivity index (χ2v) is 7.72. The van der Waals surface area contributed by atoms with E-state index in [1.54, 1.807) is 0 Å². The highest BCUT2D eigenvalue weighted by atomic mass is 16.8. The van der Waals surface area contributed by atoms with E-state index in [0.29, 0.717) is 6.42 Å². The van der Waals surface area contributed by atoms with E-state index in [1.165, 1.54) is 0 Å². The third-order valence-corrected chi connectivity index (χ3v) is 4.32. The van der Waals surface area contributed by atoms with Crippen molar-refractivity contribution in [2.75, 3.05) is 0 Å². The normalized spacial score (nSPS) is 45.9. The highest BCUT2D eigenvalue weighted by molar-refractivity contribution is 5.78. The molecule has 0 spiro atoms. The van der Waals surface area contributed by atoms with Gasteiger partial charge in [0.1, 0.15) is 6.10 Å². The summed E-state index contributed by atoms with van der Waals surface area (Å²) < 4.78 is 23.1. The van der Waals surface area contributed by atoms with Crippen LogP contribution >= 0.6 is 0 Å². The molecular weight excluding hydrogens is 276 g/mol. The average Bonchev–Trinajstić information content (AvgIpc) is 2.90. The van der Waals surface area contributed by atoms with Crippen molar-refractivity contribution in [1.29, 1.82) is 0 Å². The van der Waals surface area contributed by atoms with Crippen molar-refractivity contribution in [3.63, 3.8) is 0 Å². The van der Waals surface area contributed by atoms with Crippen LogP contribution in [-0.2, 0) is 23.7 Å². The molecule has 6 unspecified atom stereocenters. The molecule has 0 aliphatic carbocycles. The Hall–Kier alpha value is -0.690. The third-order valence-electron chi connectivity index (χ3n) is 4.32. The zero-order chi connectivity index (χ0) is 15.6. The lowest BCUT2D eigenvalue weighted by Gasteiger charge is -2.38. The minimum Gasteiger partial charge on any atom is -0.454 e. The van der Waals surface area contributed by atoms with Gasteiger partial charge in [-0.05, 0) is 5.41 Å². The largest absolute Gasteiger partial charge is 0.454 e.